The minimum Gasteiger partial charge on any atom is -0.435 e. The highest BCUT2D eigenvalue weighted by molar-refractivity contribution is 5.80. The summed E-state index contributed by atoms with van der Waals surface area (Å²) in [5.74, 6) is -0.239. The molecular weight excluding hydrogens is 330 g/mol. The molecular formula is C18H18F2N2O3. The van der Waals surface area contributed by atoms with Gasteiger partial charge in [0.1, 0.15) is 5.75 Å². The van der Waals surface area contributed by atoms with E-state index in [0.29, 0.717) is 5.56 Å². The van der Waals surface area contributed by atoms with Gasteiger partial charge in [0.05, 0.1) is 12.3 Å². The molecule has 0 saturated heterocycles. The Hall–Kier alpha value is -2.96. The van der Waals surface area contributed by atoms with Gasteiger partial charge in [-0.2, -0.15) is 8.78 Å². The van der Waals surface area contributed by atoms with Gasteiger partial charge in [-0.25, -0.2) is 0 Å². The summed E-state index contributed by atoms with van der Waals surface area (Å²) >= 11 is 0. The zero-order chi connectivity index (χ0) is 18.1. The molecule has 0 unspecified atom stereocenters. The Morgan fingerprint density at radius 1 is 1.16 bits per heavy atom. The number of halogens is 2. The topological polar surface area (TPSA) is 59.9 Å². The van der Waals surface area contributed by atoms with Gasteiger partial charge in [-0.15, -0.1) is 0 Å². The van der Waals surface area contributed by atoms with Crippen molar-refractivity contribution in [1.29, 1.82) is 0 Å². The fourth-order valence-corrected chi connectivity index (χ4v) is 2.04. The Bertz CT molecular complexity index is 691. The molecule has 0 aliphatic carbocycles. The first-order valence-corrected chi connectivity index (χ1v) is 7.59. The smallest absolute Gasteiger partial charge is 0.387 e. The summed E-state index contributed by atoms with van der Waals surface area (Å²) in [6.45, 7) is -1.21. The number of hydrogen-bond donors (Lipinski definition) is 1. The Balaban J connectivity index is 1.74. The van der Waals surface area contributed by atoms with Crippen molar-refractivity contribution in [2.75, 3.05) is 6.61 Å². The van der Waals surface area contributed by atoms with Gasteiger partial charge in [-0.1, -0.05) is 35.5 Å². The molecule has 0 bridgehead atoms. The normalized spacial score (nSPS) is 12.2. The van der Waals surface area contributed by atoms with Gasteiger partial charge in [0, 0.05) is 0 Å². The molecule has 1 atom stereocenters. The maximum Gasteiger partial charge on any atom is 0.387 e. The van der Waals surface area contributed by atoms with E-state index in [4.69, 9.17) is 4.84 Å². The molecule has 0 radical (unpaired) electrons. The highest BCUT2D eigenvalue weighted by Gasteiger charge is 2.09. The van der Waals surface area contributed by atoms with Gasteiger partial charge < -0.3 is 14.9 Å². The van der Waals surface area contributed by atoms with E-state index in [1.807, 2.05) is 37.3 Å². The predicted molar refractivity (Wildman–Crippen MR) is 89.6 cm³/mol. The number of rotatable bonds is 8. The van der Waals surface area contributed by atoms with Crippen LogP contribution in [0.3, 0.4) is 0 Å². The molecule has 0 heterocycles. The summed E-state index contributed by atoms with van der Waals surface area (Å²) < 4.78 is 28.3. The summed E-state index contributed by atoms with van der Waals surface area (Å²) in [5, 5.41) is 6.47. The van der Waals surface area contributed by atoms with Crippen LogP contribution in [0.25, 0.3) is 0 Å². The maximum absolute atomic E-state index is 12.0. The Morgan fingerprint density at radius 2 is 1.84 bits per heavy atom. The van der Waals surface area contributed by atoms with Crippen LogP contribution in [0.2, 0.25) is 0 Å². The van der Waals surface area contributed by atoms with Gasteiger partial charge in [0.2, 0.25) is 0 Å². The molecule has 1 N–H and O–H groups in total. The number of carbonyl (C=O) groups excluding carboxylic acids is 1. The zero-order valence-electron chi connectivity index (χ0n) is 13.6. The molecule has 0 saturated carbocycles. The van der Waals surface area contributed by atoms with Crippen molar-refractivity contribution < 1.29 is 23.1 Å². The third kappa shape index (κ3) is 6.58. The van der Waals surface area contributed by atoms with Crippen molar-refractivity contribution in [3.05, 3.63) is 65.7 Å². The standard InChI is InChI=1S/C18H18F2N2O3/c1-13(15-5-3-2-4-6-15)22-17(23)12-24-21-11-14-7-9-16(10-8-14)25-18(19)20/h2-11,13,18H,12H2,1H3,(H,22,23)/b21-11-/t13-/m1/s1. The average Bonchev–Trinajstić information content (AvgIpc) is 2.60. The third-order valence-electron chi connectivity index (χ3n) is 3.25. The van der Waals surface area contributed by atoms with Crippen molar-refractivity contribution >= 4 is 12.1 Å². The number of nitrogens with zero attached hydrogens (tertiary/aromatic N) is 1. The summed E-state index contributed by atoms with van der Waals surface area (Å²) in [5.41, 5.74) is 1.62. The van der Waals surface area contributed by atoms with Crippen LogP contribution >= 0.6 is 0 Å². The summed E-state index contributed by atoms with van der Waals surface area (Å²) in [7, 11) is 0. The van der Waals surface area contributed by atoms with Crippen LogP contribution < -0.4 is 10.1 Å². The lowest BCUT2D eigenvalue weighted by atomic mass is 10.1. The second-order valence-electron chi connectivity index (χ2n) is 5.16. The number of amides is 1. The molecule has 0 aromatic heterocycles. The van der Waals surface area contributed by atoms with Crippen LogP contribution in [0.5, 0.6) is 5.75 Å². The van der Waals surface area contributed by atoms with E-state index in [1.165, 1.54) is 18.3 Å². The van der Waals surface area contributed by atoms with Crippen LogP contribution in [0, 0.1) is 0 Å². The molecule has 1 amide bonds. The highest BCUT2D eigenvalue weighted by Crippen LogP contribution is 2.14. The van der Waals surface area contributed by atoms with Gasteiger partial charge in [0.15, 0.2) is 6.61 Å². The number of hydrogen-bond acceptors (Lipinski definition) is 4. The van der Waals surface area contributed by atoms with Gasteiger partial charge in [0.25, 0.3) is 5.91 Å². The summed E-state index contributed by atoms with van der Waals surface area (Å²) in [6.07, 6.45) is 1.38. The quantitative estimate of drug-likeness (QED) is 0.587. The second kappa shape index (κ2) is 9.36. The minimum absolute atomic E-state index is 0.0577. The molecule has 0 spiro atoms. The molecule has 5 nitrogen and oxygen atoms in total. The molecule has 0 aliphatic rings. The molecule has 0 fully saturated rings. The number of nitrogens with one attached hydrogen (secondary N) is 1. The second-order valence-corrected chi connectivity index (χ2v) is 5.16. The fourth-order valence-electron chi connectivity index (χ4n) is 2.04. The Morgan fingerprint density at radius 3 is 2.48 bits per heavy atom. The van der Waals surface area contributed by atoms with E-state index in [9.17, 15) is 13.6 Å². The van der Waals surface area contributed by atoms with Crippen molar-refractivity contribution in [3.63, 3.8) is 0 Å². The van der Waals surface area contributed by atoms with Gasteiger partial charge in [-0.3, -0.25) is 4.79 Å². The van der Waals surface area contributed by atoms with Gasteiger partial charge in [-0.05, 0) is 42.3 Å². The predicted octanol–water partition coefficient (Wildman–Crippen LogP) is 3.52. The number of ether oxygens (including phenoxy) is 1. The third-order valence-corrected chi connectivity index (χ3v) is 3.25. The van der Waals surface area contributed by atoms with Crippen molar-refractivity contribution in [1.82, 2.24) is 5.32 Å². The lowest BCUT2D eigenvalue weighted by Crippen LogP contribution is -2.29. The van der Waals surface area contributed by atoms with E-state index >= 15 is 0 Å². The fraction of sp³-hybridized carbons (Fsp3) is 0.222. The maximum atomic E-state index is 12.0. The molecule has 25 heavy (non-hydrogen) atoms. The molecule has 132 valence electrons. The minimum atomic E-state index is -2.86. The van der Waals surface area contributed by atoms with Crippen LogP contribution in [-0.2, 0) is 9.63 Å². The highest BCUT2D eigenvalue weighted by atomic mass is 19.3. The Kier molecular flexibility index (Phi) is 6.88. The largest absolute Gasteiger partial charge is 0.435 e. The summed E-state index contributed by atoms with van der Waals surface area (Å²) in [6, 6.07) is 15.3. The van der Waals surface area contributed by atoms with Crippen molar-refractivity contribution in [3.8, 4) is 5.75 Å². The van der Waals surface area contributed by atoms with Crippen LogP contribution in [0.4, 0.5) is 8.78 Å². The Labute approximate surface area is 144 Å². The number of benzene rings is 2. The van der Waals surface area contributed by atoms with Crippen LogP contribution in [0.1, 0.15) is 24.1 Å². The number of oxime groups is 1. The van der Waals surface area contributed by atoms with Crippen molar-refractivity contribution in [2.24, 2.45) is 5.16 Å². The lowest BCUT2D eigenvalue weighted by Gasteiger charge is -2.13. The molecule has 2 aromatic rings. The first-order chi connectivity index (χ1) is 12.0. The van der Waals surface area contributed by atoms with Crippen molar-refractivity contribution in [2.45, 2.75) is 19.6 Å². The van der Waals surface area contributed by atoms with E-state index in [2.05, 4.69) is 15.2 Å². The number of alkyl halides is 2. The van der Waals surface area contributed by atoms with E-state index in [-0.39, 0.29) is 24.3 Å². The SMILES string of the molecule is C[C@@H](NC(=O)CO/N=C\c1ccc(OC(F)F)cc1)c1ccccc1. The first kappa shape index (κ1) is 18.4. The zero-order valence-corrected chi connectivity index (χ0v) is 13.6. The van der Waals surface area contributed by atoms with Crippen LogP contribution in [-0.4, -0.2) is 25.3 Å². The van der Waals surface area contributed by atoms with E-state index in [0.717, 1.165) is 5.56 Å². The first-order valence-electron chi connectivity index (χ1n) is 7.59. The molecule has 0 aliphatic heterocycles. The monoisotopic (exact) mass is 348 g/mol. The molecule has 2 aromatic carbocycles. The summed E-state index contributed by atoms with van der Waals surface area (Å²) in [4.78, 5) is 16.7. The van der Waals surface area contributed by atoms with E-state index in [1.54, 1.807) is 12.1 Å². The van der Waals surface area contributed by atoms with Gasteiger partial charge >= 0.3 is 6.61 Å². The average molecular weight is 348 g/mol. The lowest BCUT2D eigenvalue weighted by molar-refractivity contribution is -0.126. The number of carbonyl (C=O) groups is 1. The van der Waals surface area contributed by atoms with Crippen LogP contribution in [0.15, 0.2) is 59.8 Å². The molecule has 2 rings (SSSR count). The molecule has 7 heteroatoms. The van der Waals surface area contributed by atoms with E-state index < -0.39 is 6.61 Å².